The lowest BCUT2D eigenvalue weighted by Crippen LogP contribution is -2.14. The van der Waals surface area contributed by atoms with Crippen LogP contribution in [0.15, 0.2) is 23.6 Å². The first kappa shape index (κ1) is 13.9. The molecule has 0 saturated carbocycles. The second kappa shape index (κ2) is 5.63. The second-order valence-corrected chi connectivity index (χ2v) is 5.48. The van der Waals surface area contributed by atoms with E-state index in [9.17, 15) is 0 Å². The minimum absolute atomic E-state index is 0.231. The Morgan fingerprint density at radius 3 is 2.42 bits per heavy atom. The molecule has 2 aromatic rings. The highest BCUT2D eigenvalue weighted by atomic mass is 32.1. The molecule has 0 fully saturated rings. The molecule has 1 aromatic heterocycles. The van der Waals surface area contributed by atoms with Crippen LogP contribution in [0.5, 0.6) is 11.5 Å². The van der Waals surface area contributed by atoms with Gasteiger partial charge in [0.1, 0.15) is 11.5 Å². The maximum absolute atomic E-state index is 6.41. The highest BCUT2D eigenvalue weighted by Crippen LogP contribution is 2.38. The smallest absolute Gasteiger partial charge is 0.134 e. The van der Waals surface area contributed by atoms with Gasteiger partial charge in [-0.3, -0.25) is 0 Å². The average molecular weight is 277 g/mol. The van der Waals surface area contributed by atoms with Crippen LogP contribution in [0.1, 0.15) is 27.6 Å². The molecule has 0 aliphatic heterocycles. The van der Waals surface area contributed by atoms with Crippen molar-refractivity contribution in [1.29, 1.82) is 0 Å². The summed E-state index contributed by atoms with van der Waals surface area (Å²) >= 11 is 1.60. The molecule has 1 atom stereocenters. The predicted molar refractivity (Wildman–Crippen MR) is 79.4 cm³/mol. The number of hydrogen-bond acceptors (Lipinski definition) is 4. The molecule has 2 N–H and O–H groups in total. The molecule has 1 unspecified atom stereocenters. The lowest BCUT2D eigenvalue weighted by Gasteiger charge is -2.19. The molecule has 1 heterocycles. The van der Waals surface area contributed by atoms with Crippen LogP contribution < -0.4 is 15.2 Å². The monoisotopic (exact) mass is 277 g/mol. The van der Waals surface area contributed by atoms with Crippen LogP contribution >= 0.6 is 11.3 Å². The maximum Gasteiger partial charge on any atom is 0.134 e. The maximum atomic E-state index is 6.41. The molecular weight excluding hydrogens is 258 g/mol. The van der Waals surface area contributed by atoms with E-state index in [2.05, 4.69) is 19.9 Å². The van der Waals surface area contributed by atoms with Gasteiger partial charge in [0.2, 0.25) is 0 Å². The Kier molecular flexibility index (Phi) is 4.12. The van der Waals surface area contributed by atoms with E-state index in [-0.39, 0.29) is 6.04 Å². The van der Waals surface area contributed by atoms with Gasteiger partial charge in [-0.1, -0.05) is 6.07 Å². The van der Waals surface area contributed by atoms with E-state index < -0.39 is 0 Å². The van der Waals surface area contributed by atoms with Gasteiger partial charge in [-0.25, -0.2) is 0 Å². The van der Waals surface area contributed by atoms with Crippen molar-refractivity contribution >= 4 is 11.3 Å². The Bertz CT molecular complexity index is 578. The van der Waals surface area contributed by atoms with Gasteiger partial charge in [0, 0.05) is 5.56 Å². The third kappa shape index (κ3) is 2.60. The van der Waals surface area contributed by atoms with Crippen molar-refractivity contribution in [3.63, 3.8) is 0 Å². The third-order valence-electron chi connectivity index (χ3n) is 3.18. The van der Waals surface area contributed by atoms with Crippen molar-refractivity contribution in [2.75, 3.05) is 14.2 Å². The van der Waals surface area contributed by atoms with Crippen molar-refractivity contribution in [2.24, 2.45) is 5.73 Å². The number of methoxy groups -OCH3 is 2. The first-order valence-corrected chi connectivity index (χ1v) is 6.98. The predicted octanol–water partition coefficient (Wildman–Crippen LogP) is 3.43. The van der Waals surface area contributed by atoms with Crippen LogP contribution in [-0.2, 0) is 0 Å². The largest absolute Gasteiger partial charge is 0.496 e. The van der Waals surface area contributed by atoms with E-state index in [4.69, 9.17) is 15.2 Å². The molecule has 0 aliphatic carbocycles. The summed E-state index contributed by atoms with van der Waals surface area (Å²) in [4.78, 5) is 1.02. The Morgan fingerprint density at radius 2 is 1.79 bits per heavy atom. The molecule has 3 nitrogen and oxygen atoms in total. The van der Waals surface area contributed by atoms with Crippen molar-refractivity contribution < 1.29 is 9.47 Å². The zero-order chi connectivity index (χ0) is 14.0. The van der Waals surface area contributed by atoms with Crippen molar-refractivity contribution in [3.8, 4) is 11.5 Å². The highest BCUT2D eigenvalue weighted by molar-refractivity contribution is 7.10. The van der Waals surface area contributed by atoms with Crippen LogP contribution in [0.4, 0.5) is 0 Å². The minimum atomic E-state index is -0.231. The normalized spacial score (nSPS) is 12.3. The van der Waals surface area contributed by atoms with Gasteiger partial charge in [0.25, 0.3) is 0 Å². The van der Waals surface area contributed by atoms with Gasteiger partial charge >= 0.3 is 0 Å². The topological polar surface area (TPSA) is 44.5 Å². The zero-order valence-corrected chi connectivity index (χ0v) is 12.5. The first-order chi connectivity index (χ1) is 9.08. The highest BCUT2D eigenvalue weighted by Gasteiger charge is 2.21. The summed E-state index contributed by atoms with van der Waals surface area (Å²) in [6.07, 6.45) is 0. The lowest BCUT2D eigenvalue weighted by atomic mass is 9.97. The molecule has 0 radical (unpaired) electrons. The molecule has 0 aliphatic rings. The van der Waals surface area contributed by atoms with Crippen LogP contribution in [0, 0.1) is 13.8 Å². The summed E-state index contributed by atoms with van der Waals surface area (Å²) < 4.78 is 10.8. The van der Waals surface area contributed by atoms with E-state index in [1.54, 1.807) is 25.6 Å². The van der Waals surface area contributed by atoms with E-state index in [1.165, 1.54) is 5.56 Å². The van der Waals surface area contributed by atoms with Crippen LogP contribution in [0.3, 0.4) is 0 Å². The van der Waals surface area contributed by atoms with Crippen molar-refractivity contribution in [1.82, 2.24) is 0 Å². The van der Waals surface area contributed by atoms with Gasteiger partial charge in [-0.2, -0.15) is 0 Å². The number of aryl methyl sites for hydroxylation is 2. The summed E-state index contributed by atoms with van der Waals surface area (Å²) in [5, 5.41) is 1.99. The molecule has 0 saturated heterocycles. The summed E-state index contributed by atoms with van der Waals surface area (Å²) in [6.45, 7) is 4.11. The molecule has 4 heteroatoms. The van der Waals surface area contributed by atoms with E-state index in [1.807, 2.05) is 17.5 Å². The van der Waals surface area contributed by atoms with Gasteiger partial charge in [-0.15, -0.1) is 11.3 Å². The standard InChI is InChI=1S/C15H19NO2S/c1-9-7-10(2)13(12(8-9)18-4)14(16)15-11(17-3)5-6-19-15/h5-8,14H,16H2,1-4H3. The molecule has 0 bridgehead atoms. The van der Waals surface area contributed by atoms with E-state index in [0.717, 1.165) is 27.5 Å². The fourth-order valence-corrected chi connectivity index (χ4v) is 3.21. The zero-order valence-electron chi connectivity index (χ0n) is 11.7. The number of rotatable bonds is 4. The molecule has 2 rings (SSSR count). The number of hydrogen-bond donors (Lipinski definition) is 1. The SMILES string of the molecule is COc1ccsc1C(N)c1c(C)cc(C)cc1OC. The van der Waals surface area contributed by atoms with Crippen LogP contribution in [-0.4, -0.2) is 14.2 Å². The Balaban J connectivity index is 2.52. The molecule has 0 spiro atoms. The van der Waals surface area contributed by atoms with E-state index >= 15 is 0 Å². The fourth-order valence-electron chi connectivity index (χ4n) is 2.34. The number of nitrogens with two attached hydrogens (primary N) is 1. The molecule has 102 valence electrons. The molecular formula is C15H19NO2S. The fraction of sp³-hybridized carbons (Fsp3) is 0.333. The van der Waals surface area contributed by atoms with Crippen LogP contribution in [0.25, 0.3) is 0 Å². The summed E-state index contributed by atoms with van der Waals surface area (Å²) in [5.41, 5.74) is 9.75. The van der Waals surface area contributed by atoms with E-state index in [0.29, 0.717) is 0 Å². The Morgan fingerprint density at radius 1 is 1.11 bits per heavy atom. The minimum Gasteiger partial charge on any atom is -0.496 e. The Labute approximate surface area is 118 Å². The van der Waals surface area contributed by atoms with Crippen LogP contribution in [0.2, 0.25) is 0 Å². The third-order valence-corrected chi connectivity index (χ3v) is 4.17. The van der Waals surface area contributed by atoms with Crippen molar-refractivity contribution in [3.05, 3.63) is 45.1 Å². The quantitative estimate of drug-likeness (QED) is 0.931. The number of thiophene rings is 1. The average Bonchev–Trinajstić information content (AvgIpc) is 2.85. The number of ether oxygens (including phenoxy) is 2. The summed E-state index contributed by atoms with van der Waals surface area (Å²) in [5.74, 6) is 1.67. The first-order valence-electron chi connectivity index (χ1n) is 6.10. The molecule has 19 heavy (non-hydrogen) atoms. The lowest BCUT2D eigenvalue weighted by molar-refractivity contribution is 0.401. The van der Waals surface area contributed by atoms with Gasteiger partial charge in [0.15, 0.2) is 0 Å². The van der Waals surface area contributed by atoms with Crippen molar-refractivity contribution in [2.45, 2.75) is 19.9 Å². The summed E-state index contributed by atoms with van der Waals surface area (Å²) in [7, 11) is 3.34. The molecule has 0 amide bonds. The summed E-state index contributed by atoms with van der Waals surface area (Å²) in [6, 6.07) is 5.85. The van der Waals surface area contributed by atoms with Gasteiger partial charge in [0.05, 0.1) is 25.1 Å². The van der Waals surface area contributed by atoms with Gasteiger partial charge in [-0.05, 0) is 42.5 Å². The molecule has 1 aromatic carbocycles. The second-order valence-electron chi connectivity index (χ2n) is 4.53. The number of benzene rings is 1. The van der Waals surface area contributed by atoms with Gasteiger partial charge < -0.3 is 15.2 Å². The Hall–Kier alpha value is -1.52.